The summed E-state index contributed by atoms with van der Waals surface area (Å²) in [5, 5.41) is 16.7. The van der Waals surface area contributed by atoms with E-state index in [1.165, 1.54) is 0 Å². The maximum atomic E-state index is 11.5. The summed E-state index contributed by atoms with van der Waals surface area (Å²) in [5.74, 6) is 0. The normalized spacial score (nSPS) is 13.5. The molecule has 5 aromatic rings. The molecule has 0 spiro atoms. The molecule has 0 aliphatic carbocycles. The van der Waals surface area contributed by atoms with E-state index in [0.29, 0.717) is 24.8 Å². The van der Waals surface area contributed by atoms with E-state index in [-0.39, 0.29) is 6.61 Å². The van der Waals surface area contributed by atoms with Gasteiger partial charge in [0.05, 0.1) is 38.3 Å². The van der Waals surface area contributed by atoms with Gasteiger partial charge in [-0.3, -0.25) is 0 Å². The lowest BCUT2D eigenvalue weighted by atomic mass is 10.0. The van der Waals surface area contributed by atoms with Crippen LogP contribution in [0.3, 0.4) is 0 Å². The van der Waals surface area contributed by atoms with E-state index in [0.717, 1.165) is 27.9 Å². The molecule has 0 saturated heterocycles. The highest BCUT2D eigenvalue weighted by Gasteiger charge is 2.33. The van der Waals surface area contributed by atoms with Crippen LogP contribution in [0.25, 0.3) is 5.69 Å². The van der Waals surface area contributed by atoms with Gasteiger partial charge in [-0.25, -0.2) is 4.68 Å². The van der Waals surface area contributed by atoms with Gasteiger partial charge < -0.3 is 19.3 Å². The second kappa shape index (κ2) is 14.7. The van der Waals surface area contributed by atoms with Crippen LogP contribution in [0.15, 0.2) is 128 Å². The Morgan fingerprint density at radius 2 is 1.22 bits per heavy atom. The molecule has 0 aliphatic heterocycles. The van der Waals surface area contributed by atoms with Gasteiger partial charge in [-0.2, -0.15) is 5.10 Å². The lowest BCUT2D eigenvalue weighted by Gasteiger charge is -2.31. The summed E-state index contributed by atoms with van der Waals surface area (Å²) in [5.41, 5.74) is 4.67. The lowest BCUT2D eigenvalue weighted by Crippen LogP contribution is -2.39. The molecule has 7 heteroatoms. The average Bonchev–Trinajstić information content (AvgIpc) is 3.50. The van der Waals surface area contributed by atoms with Crippen LogP contribution in [0.1, 0.15) is 28.4 Å². The minimum atomic E-state index is -0.970. The summed E-state index contributed by atoms with van der Waals surface area (Å²) in [4.78, 5) is 0. The molecular weight excluding hydrogens is 536 g/mol. The van der Waals surface area contributed by atoms with Crippen LogP contribution in [-0.2, 0) is 34.0 Å². The Bertz CT molecular complexity index is 1450. The molecule has 210 valence electrons. The molecule has 41 heavy (non-hydrogen) atoms. The number of ether oxygens (including phenoxy) is 3. The van der Waals surface area contributed by atoms with Gasteiger partial charge >= 0.3 is 0 Å². The Morgan fingerprint density at radius 3 is 1.80 bits per heavy atom. The van der Waals surface area contributed by atoms with Crippen molar-refractivity contribution in [3.05, 3.63) is 155 Å². The first-order valence-corrected chi connectivity index (χ1v) is 13.9. The first-order chi connectivity index (χ1) is 20.2. The summed E-state index contributed by atoms with van der Waals surface area (Å²) >= 11 is 6.09. The minimum Gasteiger partial charge on any atom is -0.388 e. The minimum absolute atomic E-state index is 0.0743. The summed E-state index contributed by atoms with van der Waals surface area (Å²) in [6, 6.07) is 37.1. The number of halogens is 1. The molecule has 0 unspecified atom stereocenters. The zero-order chi connectivity index (χ0) is 28.3. The van der Waals surface area contributed by atoms with Crippen molar-refractivity contribution in [2.75, 3.05) is 6.61 Å². The highest BCUT2D eigenvalue weighted by Crippen LogP contribution is 2.29. The predicted octanol–water partition coefficient (Wildman–Crippen LogP) is 6.95. The van der Waals surface area contributed by atoms with Crippen LogP contribution in [-0.4, -0.2) is 33.7 Å². The maximum absolute atomic E-state index is 11.5. The molecule has 0 fully saturated rings. The van der Waals surface area contributed by atoms with Crippen LogP contribution in [0.5, 0.6) is 0 Å². The molecule has 6 nitrogen and oxygen atoms in total. The van der Waals surface area contributed by atoms with Crippen LogP contribution < -0.4 is 0 Å². The number of nitrogens with zero attached hydrogens (tertiary/aromatic N) is 2. The Hall–Kier alpha value is -3.78. The molecule has 5 rings (SSSR count). The quantitative estimate of drug-likeness (QED) is 0.157. The van der Waals surface area contributed by atoms with E-state index < -0.39 is 18.3 Å². The summed E-state index contributed by atoms with van der Waals surface area (Å²) in [6.07, 6.45) is 1.31. The van der Waals surface area contributed by atoms with Crippen molar-refractivity contribution in [2.45, 2.75) is 38.1 Å². The molecule has 0 radical (unpaired) electrons. The number of aliphatic hydroxyl groups is 1. The third-order valence-electron chi connectivity index (χ3n) is 6.66. The van der Waals surface area contributed by atoms with Gasteiger partial charge in [-0.15, -0.1) is 0 Å². The number of benzene rings is 4. The lowest BCUT2D eigenvalue weighted by molar-refractivity contribution is -0.149. The van der Waals surface area contributed by atoms with Gasteiger partial charge in [-0.1, -0.05) is 103 Å². The molecule has 4 aromatic carbocycles. The van der Waals surface area contributed by atoms with Gasteiger partial charge in [0, 0.05) is 16.8 Å². The van der Waals surface area contributed by atoms with E-state index in [9.17, 15) is 5.11 Å². The fraction of sp³-hybridized carbons (Fsp3) is 0.206. The smallest absolute Gasteiger partial charge is 0.116 e. The van der Waals surface area contributed by atoms with E-state index in [1.807, 2.05) is 121 Å². The number of hydrogen-bond donors (Lipinski definition) is 1. The van der Waals surface area contributed by atoms with Gasteiger partial charge in [0.15, 0.2) is 0 Å². The molecule has 0 saturated carbocycles. The molecule has 1 aromatic heterocycles. The Balaban J connectivity index is 1.40. The van der Waals surface area contributed by atoms with Gasteiger partial charge in [0.25, 0.3) is 0 Å². The largest absolute Gasteiger partial charge is 0.388 e. The maximum Gasteiger partial charge on any atom is 0.116 e. The molecule has 0 aliphatic rings. The van der Waals surface area contributed by atoms with E-state index in [4.69, 9.17) is 25.8 Å². The third kappa shape index (κ3) is 8.36. The van der Waals surface area contributed by atoms with Crippen LogP contribution in [0.2, 0.25) is 5.02 Å². The first-order valence-electron chi connectivity index (χ1n) is 13.6. The molecule has 0 amide bonds. The topological polar surface area (TPSA) is 65.7 Å². The Morgan fingerprint density at radius 1 is 0.683 bits per heavy atom. The zero-order valence-corrected chi connectivity index (χ0v) is 23.4. The summed E-state index contributed by atoms with van der Waals surface area (Å²) in [6.45, 7) is 1.09. The first kappa shape index (κ1) is 28.7. The van der Waals surface area contributed by atoms with Crippen LogP contribution in [0, 0.1) is 0 Å². The summed E-state index contributed by atoms with van der Waals surface area (Å²) < 4.78 is 20.6. The van der Waals surface area contributed by atoms with Crippen molar-refractivity contribution in [3.63, 3.8) is 0 Å². The Labute approximate surface area is 245 Å². The van der Waals surface area contributed by atoms with Crippen LogP contribution in [0.4, 0.5) is 0 Å². The molecule has 1 heterocycles. The van der Waals surface area contributed by atoms with Gasteiger partial charge in [0.1, 0.15) is 18.3 Å². The molecule has 3 atom stereocenters. The molecule has 1 N–H and O–H groups in total. The van der Waals surface area contributed by atoms with Crippen molar-refractivity contribution in [3.8, 4) is 5.69 Å². The standard InChI is InChI=1S/C34H33ClN2O4/c35-30-16-18-31(19-17-30)37-21-29(20-36-37)33(40-23-27-12-6-2-7-13-27)34(41-24-28-14-8-3-9-15-28)32(38)25-39-22-26-10-4-1-5-11-26/h1-21,32-34,38H,22-25H2/t32-,33-,34-/m1/s1. The van der Waals surface area contributed by atoms with E-state index in [2.05, 4.69) is 5.10 Å². The van der Waals surface area contributed by atoms with Gasteiger partial charge in [0.2, 0.25) is 0 Å². The predicted molar refractivity (Wildman–Crippen MR) is 160 cm³/mol. The third-order valence-corrected chi connectivity index (χ3v) is 6.91. The second-order valence-corrected chi connectivity index (χ2v) is 10.2. The fourth-order valence-electron chi connectivity index (χ4n) is 4.49. The van der Waals surface area contributed by atoms with E-state index in [1.54, 1.807) is 10.9 Å². The highest BCUT2D eigenvalue weighted by atomic mass is 35.5. The monoisotopic (exact) mass is 568 g/mol. The van der Waals surface area contributed by atoms with Gasteiger partial charge in [-0.05, 0) is 41.0 Å². The average molecular weight is 569 g/mol. The van der Waals surface area contributed by atoms with Crippen molar-refractivity contribution in [2.24, 2.45) is 0 Å². The summed E-state index contributed by atoms with van der Waals surface area (Å²) in [7, 11) is 0. The number of hydrogen-bond acceptors (Lipinski definition) is 5. The fourth-order valence-corrected chi connectivity index (χ4v) is 4.62. The van der Waals surface area contributed by atoms with Crippen molar-refractivity contribution in [1.29, 1.82) is 0 Å². The Kier molecular flexibility index (Phi) is 10.3. The number of aliphatic hydroxyl groups excluding tert-OH is 1. The van der Waals surface area contributed by atoms with E-state index >= 15 is 0 Å². The highest BCUT2D eigenvalue weighted by molar-refractivity contribution is 6.30. The zero-order valence-electron chi connectivity index (χ0n) is 22.6. The second-order valence-electron chi connectivity index (χ2n) is 9.74. The SMILES string of the molecule is O[C@H](COCc1ccccc1)[C@@H](OCc1ccccc1)[C@H](OCc1ccccc1)c1cnn(-c2ccc(Cl)cc2)c1. The number of rotatable bonds is 14. The van der Waals surface area contributed by atoms with Crippen molar-refractivity contribution in [1.82, 2.24) is 9.78 Å². The van der Waals surface area contributed by atoms with Crippen LogP contribution >= 0.6 is 11.6 Å². The van der Waals surface area contributed by atoms with Crippen molar-refractivity contribution >= 4 is 11.6 Å². The molecular formula is C34H33ClN2O4. The number of aromatic nitrogens is 2. The van der Waals surface area contributed by atoms with Crippen molar-refractivity contribution < 1.29 is 19.3 Å². The molecule has 0 bridgehead atoms.